The third-order valence-electron chi connectivity index (χ3n) is 4.86. The number of piperazine rings is 1. The van der Waals surface area contributed by atoms with Crippen LogP contribution in [0.1, 0.15) is 17.2 Å². The number of halogens is 2. The van der Waals surface area contributed by atoms with Gasteiger partial charge in [-0.3, -0.25) is 4.90 Å². The fraction of sp³-hybridized carbons (Fsp3) is 0.368. The lowest BCUT2D eigenvalue weighted by Crippen LogP contribution is -2.49. The van der Waals surface area contributed by atoms with Gasteiger partial charge in [0, 0.05) is 25.2 Å². The van der Waals surface area contributed by atoms with Crippen molar-refractivity contribution in [1.29, 1.82) is 0 Å². The van der Waals surface area contributed by atoms with Gasteiger partial charge in [-0.2, -0.15) is 4.31 Å². The fourth-order valence-electron chi connectivity index (χ4n) is 3.25. The molecule has 0 aromatic heterocycles. The van der Waals surface area contributed by atoms with E-state index in [1.54, 1.807) is 36.4 Å². The number of nitrogens with zero attached hydrogens (tertiary/aromatic N) is 2. The molecule has 2 aromatic carbocycles. The van der Waals surface area contributed by atoms with E-state index >= 15 is 0 Å². The molecule has 0 aliphatic carbocycles. The van der Waals surface area contributed by atoms with Crippen LogP contribution in [0, 0.1) is 11.6 Å². The average molecular weight is 380 g/mol. The Morgan fingerprint density at radius 2 is 1.65 bits per heavy atom. The molecule has 0 radical (unpaired) electrons. The molecule has 140 valence electrons. The maximum Gasteiger partial charge on any atom is 0.214 e. The molecule has 3 rings (SSSR count). The molecule has 7 heteroatoms. The molecule has 0 bridgehead atoms. The van der Waals surface area contributed by atoms with E-state index in [2.05, 4.69) is 0 Å². The number of likely N-dealkylation sites (N-methyl/N-ethyl adjacent to an activating group) is 1. The van der Waals surface area contributed by atoms with Gasteiger partial charge < -0.3 is 0 Å². The normalized spacial score (nSPS) is 19.6. The van der Waals surface area contributed by atoms with Gasteiger partial charge in [-0.1, -0.05) is 36.4 Å². The second-order valence-corrected chi connectivity index (χ2v) is 8.62. The maximum absolute atomic E-state index is 14.1. The Morgan fingerprint density at radius 3 is 2.35 bits per heavy atom. The first-order valence-electron chi connectivity index (χ1n) is 8.54. The fourth-order valence-corrected chi connectivity index (χ4v) is 4.72. The number of hydrogen-bond acceptors (Lipinski definition) is 3. The molecule has 2 aromatic rings. The lowest BCUT2D eigenvalue weighted by molar-refractivity contribution is 0.145. The Bertz CT molecular complexity index is 873. The smallest absolute Gasteiger partial charge is 0.214 e. The molecule has 1 aliphatic heterocycles. The first-order valence-corrected chi connectivity index (χ1v) is 10.2. The van der Waals surface area contributed by atoms with Crippen molar-refractivity contribution in [3.05, 3.63) is 71.3 Å². The Morgan fingerprint density at radius 1 is 1.00 bits per heavy atom. The third kappa shape index (κ3) is 4.11. The molecule has 1 heterocycles. The molecular weight excluding hydrogens is 358 g/mol. The summed E-state index contributed by atoms with van der Waals surface area (Å²) in [6.07, 6.45) is 0.117. The summed E-state index contributed by atoms with van der Waals surface area (Å²) < 4.78 is 54.7. The molecule has 1 aliphatic rings. The lowest BCUT2D eigenvalue weighted by Gasteiger charge is -2.39. The highest BCUT2D eigenvalue weighted by Gasteiger charge is 2.33. The molecule has 1 atom stereocenters. The van der Waals surface area contributed by atoms with Crippen LogP contribution in [0.5, 0.6) is 0 Å². The van der Waals surface area contributed by atoms with E-state index in [0.29, 0.717) is 24.2 Å². The van der Waals surface area contributed by atoms with Gasteiger partial charge in [-0.15, -0.1) is 0 Å². The number of aryl methyl sites for hydroxylation is 1. The monoisotopic (exact) mass is 380 g/mol. The quantitative estimate of drug-likeness (QED) is 0.801. The Hall–Kier alpha value is -1.83. The van der Waals surface area contributed by atoms with Gasteiger partial charge in [0.25, 0.3) is 0 Å². The molecule has 1 unspecified atom stereocenters. The van der Waals surface area contributed by atoms with Crippen LogP contribution < -0.4 is 0 Å². The zero-order chi connectivity index (χ0) is 18.7. The van der Waals surface area contributed by atoms with Gasteiger partial charge in [-0.25, -0.2) is 17.2 Å². The molecule has 26 heavy (non-hydrogen) atoms. The summed E-state index contributed by atoms with van der Waals surface area (Å²) in [5.41, 5.74) is 0.875. The SMILES string of the molecule is CN1CCN(S(=O)(=O)CCc2ccccc2F)CC1c1ccccc1F. The van der Waals surface area contributed by atoms with E-state index in [9.17, 15) is 17.2 Å². The van der Waals surface area contributed by atoms with Crippen molar-refractivity contribution in [1.82, 2.24) is 9.21 Å². The minimum absolute atomic E-state index is 0.117. The van der Waals surface area contributed by atoms with Crippen molar-refractivity contribution >= 4 is 10.0 Å². The largest absolute Gasteiger partial charge is 0.297 e. The summed E-state index contributed by atoms with van der Waals surface area (Å²) in [5, 5.41) is 0. The minimum Gasteiger partial charge on any atom is -0.297 e. The second-order valence-electron chi connectivity index (χ2n) is 6.53. The van der Waals surface area contributed by atoms with Crippen molar-refractivity contribution < 1.29 is 17.2 Å². The van der Waals surface area contributed by atoms with Crippen LogP contribution in [-0.2, 0) is 16.4 Å². The summed E-state index contributed by atoms with van der Waals surface area (Å²) >= 11 is 0. The molecule has 0 saturated carbocycles. The predicted molar refractivity (Wildman–Crippen MR) is 97.2 cm³/mol. The molecule has 4 nitrogen and oxygen atoms in total. The van der Waals surface area contributed by atoms with Gasteiger partial charge in [0.2, 0.25) is 10.0 Å². The van der Waals surface area contributed by atoms with E-state index in [-0.39, 0.29) is 30.6 Å². The molecule has 0 spiro atoms. The van der Waals surface area contributed by atoms with Gasteiger partial charge >= 0.3 is 0 Å². The van der Waals surface area contributed by atoms with Crippen molar-refractivity contribution in [2.24, 2.45) is 0 Å². The number of sulfonamides is 1. The van der Waals surface area contributed by atoms with Crippen LogP contribution in [0.15, 0.2) is 48.5 Å². The van der Waals surface area contributed by atoms with Gasteiger partial charge in [-0.05, 0) is 31.2 Å². The Kier molecular flexibility index (Phi) is 5.70. The van der Waals surface area contributed by atoms with E-state index in [1.165, 1.54) is 16.4 Å². The molecule has 1 fully saturated rings. The summed E-state index contributed by atoms with van der Waals surface area (Å²) in [4.78, 5) is 1.96. The summed E-state index contributed by atoms with van der Waals surface area (Å²) in [5.74, 6) is -0.901. The van der Waals surface area contributed by atoms with Crippen LogP contribution in [0.2, 0.25) is 0 Å². The van der Waals surface area contributed by atoms with Crippen LogP contribution in [0.25, 0.3) is 0 Å². The van der Waals surface area contributed by atoms with E-state index < -0.39 is 15.8 Å². The van der Waals surface area contributed by atoms with Gasteiger partial charge in [0.05, 0.1) is 11.8 Å². The highest BCUT2D eigenvalue weighted by atomic mass is 32.2. The maximum atomic E-state index is 14.1. The van der Waals surface area contributed by atoms with Crippen LogP contribution in [-0.4, -0.2) is 50.1 Å². The van der Waals surface area contributed by atoms with Crippen molar-refractivity contribution in [3.8, 4) is 0 Å². The van der Waals surface area contributed by atoms with Crippen molar-refractivity contribution in [2.75, 3.05) is 32.4 Å². The van der Waals surface area contributed by atoms with E-state index in [1.807, 2.05) is 11.9 Å². The van der Waals surface area contributed by atoms with Crippen molar-refractivity contribution in [3.63, 3.8) is 0 Å². The molecular formula is C19H22F2N2O2S. The second kappa shape index (κ2) is 7.82. The zero-order valence-corrected chi connectivity index (χ0v) is 15.4. The molecule has 0 N–H and O–H groups in total. The zero-order valence-electron chi connectivity index (χ0n) is 14.6. The van der Waals surface area contributed by atoms with Crippen LogP contribution in [0.3, 0.4) is 0 Å². The van der Waals surface area contributed by atoms with Crippen LogP contribution in [0.4, 0.5) is 8.78 Å². The number of hydrogen-bond donors (Lipinski definition) is 0. The number of rotatable bonds is 5. The van der Waals surface area contributed by atoms with Crippen molar-refractivity contribution in [2.45, 2.75) is 12.5 Å². The third-order valence-corrected chi connectivity index (χ3v) is 6.69. The minimum atomic E-state index is -3.56. The Balaban J connectivity index is 1.74. The summed E-state index contributed by atoms with van der Waals surface area (Å²) in [7, 11) is -1.70. The molecule has 0 amide bonds. The average Bonchev–Trinajstić information content (AvgIpc) is 2.62. The molecule has 1 saturated heterocycles. The Labute approximate surface area is 153 Å². The summed E-state index contributed by atoms with van der Waals surface area (Å²) in [6.45, 7) is 1.05. The lowest BCUT2D eigenvalue weighted by atomic mass is 10.0. The van der Waals surface area contributed by atoms with Gasteiger partial charge in [0.1, 0.15) is 11.6 Å². The highest BCUT2D eigenvalue weighted by molar-refractivity contribution is 7.89. The van der Waals surface area contributed by atoms with Crippen LogP contribution >= 0.6 is 0 Å². The summed E-state index contributed by atoms with van der Waals surface area (Å²) in [6, 6.07) is 12.3. The number of benzene rings is 2. The van der Waals surface area contributed by atoms with E-state index in [4.69, 9.17) is 0 Å². The highest BCUT2D eigenvalue weighted by Crippen LogP contribution is 2.27. The predicted octanol–water partition coefficient (Wildman–Crippen LogP) is 2.83. The van der Waals surface area contributed by atoms with Gasteiger partial charge in [0.15, 0.2) is 0 Å². The topological polar surface area (TPSA) is 40.6 Å². The standard InChI is InChI=1S/C19H22F2N2O2S/c1-22-11-12-23(14-19(22)16-7-3-5-9-18(16)21)26(24,25)13-10-15-6-2-4-8-17(15)20/h2-9,19H,10-14H2,1H3. The first-order chi connectivity index (χ1) is 12.4. The van der Waals surface area contributed by atoms with E-state index in [0.717, 1.165) is 0 Å². The first kappa shape index (κ1) is 18.9.